The molecule has 0 amide bonds. The largest absolute Gasteiger partial charge is 0.388 e. The van der Waals surface area contributed by atoms with E-state index in [0.717, 1.165) is 6.54 Å². The maximum absolute atomic E-state index is 9.27. The molecule has 0 bridgehead atoms. The first kappa shape index (κ1) is 8.93. The molecule has 11 heavy (non-hydrogen) atoms. The molecule has 3 atom stereocenters. The maximum atomic E-state index is 9.27. The van der Waals surface area contributed by atoms with Crippen molar-refractivity contribution in [2.75, 3.05) is 19.7 Å². The van der Waals surface area contributed by atoms with Gasteiger partial charge in [0.15, 0.2) is 0 Å². The second-order valence-corrected chi connectivity index (χ2v) is 2.74. The van der Waals surface area contributed by atoms with E-state index >= 15 is 0 Å². The molecular formula is C7H15NO3. The molecule has 1 saturated heterocycles. The van der Waals surface area contributed by atoms with Gasteiger partial charge in [-0.3, -0.25) is 0 Å². The summed E-state index contributed by atoms with van der Waals surface area (Å²) in [5.74, 6) is 0. The van der Waals surface area contributed by atoms with E-state index in [4.69, 9.17) is 9.84 Å². The van der Waals surface area contributed by atoms with Crippen molar-refractivity contribution in [3.63, 3.8) is 0 Å². The van der Waals surface area contributed by atoms with Crippen molar-refractivity contribution in [1.82, 2.24) is 5.32 Å². The van der Waals surface area contributed by atoms with Gasteiger partial charge in [0.2, 0.25) is 0 Å². The molecule has 0 aromatic heterocycles. The predicted octanol–water partition coefficient (Wildman–Crippen LogP) is -1.28. The Bertz CT molecular complexity index is 120. The molecule has 1 heterocycles. The van der Waals surface area contributed by atoms with Crippen LogP contribution in [-0.4, -0.2) is 48.2 Å². The van der Waals surface area contributed by atoms with E-state index in [-0.39, 0.29) is 12.7 Å². The van der Waals surface area contributed by atoms with Gasteiger partial charge in [0.25, 0.3) is 0 Å². The SMILES string of the molecule is CCNCC1OCC(O)C1O. The first-order valence-corrected chi connectivity index (χ1v) is 3.94. The smallest absolute Gasteiger partial charge is 0.109 e. The van der Waals surface area contributed by atoms with Crippen LogP contribution in [0.3, 0.4) is 0 Å². The van der Waals surface area contributed by atoms with Gasteiger partial charge in [0.05, 0.1) is 12.7 Å². The van der Waals surface area contributed by atoms with Gasteiger partial charge in [-0.25, -0.2) is 0 Å². The van der Waals surface area contributed by atoms with Gasteiger partial charge < -0.3 is 20.3 Å². The number of rotatable bonds is 3. The Kier molecular flexibility index (Phi) is 3.26. The molecule has 0 aromatic rings. The van der Waals surface area contributed by atoms with Gasteiger partial charge in [-0.1, -0.05) is 6.92 Å². The van der Waals surface area contributed by atoms with Gasteiger partial charge in [-0.2, -0.15) is 0 Å². The fourth-order valence-electron chi connectivity index (χ4n) is 1.13. The van der Waals surface area contributed by atoms with E-state index in [1.165, 1.54) is 0 Å². The Hall–Kier alpha value is -0.160. The van der Waals surface area contributed by atoms with Crippen molar-refractivity contribution >= 4 is 0 Å². The van der Waals surface area contributed by atoms with Crippen LogP contribution >= 0.6 is 0 Å². The third kappa shape index (κ3) is 2.13. The Morgan fingerprint density at radius 2 is 2.27 bits per heavy atom. The Labute approximate surface area is 66.2 Å². The average Bonchev–Trinajstić information content (AvgIpc) is 2.31. The third-order valence-corrected chi connectivity index (χ3v) is 1.85. The molecule has 0 radical (unpaired) electrons. The lowest BCUT2D eigenvalue weighted by Crippen LogP contribution is -2.37. The molecule has 4 heteroatoms. The fourth-order valence-corrected chi connectivity index (χ4v) is 1.13. The van der Waals surface area contributed by atoms with Crippen LogP contribution in [0.5, 0.6) is 0 Å². The van der Waals surface area contributed by atoms with E-state index in [9.17, 15) is 5.11 Å². The minimum absolute atomic E-state index is 0.245. The lowest BCUT2D eigenvalue weighted by Gasteiger charge is -2.14. The summed E-state index contributed by atoms with van der Waals surface area (Å²) in [6.07, 6.45) is -1.68. The van der Waals surface area contributed by atoms with Crippen LogP contribution < -0.4 is 5.32 Å². The number of hydrogen-bond donors (Lipinski definition) is 3. The monoisotopic (exact) mass is 161 g/mol. The highest BCUT2D eigenvalue weighted by Crippen LogP contribution is 2.12. The molecule has 0 spiro atoms. The van der Waals surface area contributed by atoms with Crippen LogP contribution in [0.2, 0.25) is 0 Å². The highest BCUT2D eigenvalue weighted by Gasteiger charge is 2.33. The molecule has 1 aliphatic rings. The van der Waals surface area contributed by atoms with Crippen molar-refractivity contribution in [1.29, 1.82) is 0 Å². The topological polar surface area (TPSA) is 61.7 Å². The van der Waals surface area contributed by atoms with Crippen LogP contribution in [0.25, 0.3) is 0 Å². The summed E-state index contributed by atoms with van der Waals surface area (Å²) in [6, 6.07) is 0. The first-order valence-electron chi connectivity index (χ1n) is 3.94. The average molecular weight is 161 g/mol. The van der Waals surface area contributed by atoms with Crippen molar-refractivity contribution in [2.45, 2.75) is 25.2 Å². The number of hydrogen-bond acceptors (Lipinski definition) is 4. The van der Waals surface area contributed by atoms with Gasteiger partial charge in [0, 0.05) is 6.54 Å². The van der Waals surface area contributed by atoms with E-state index in [1.807, 2.05) is 6.92 Å². The normalized spacial score (nSPS) is 37.9. The van der Waals surface area contributed by atoms with E-state index in [1.54, 1.807) is 0 Å². The number of aliphatic hydroxyl groups excluding tert-OH is 2. The minimum atomic E-state index is -0.728. The summed E-state index contributed by atoms with van der Waals surface area (Å²) in [5, 5.41) is 21.4. The Morgan fingerprint density at radius 1 is 1.55 bits per heavy atom. The van der Waals surface area contributed by atoms with Crippen LogP contribution in [0, 0.1) is 0 Å². The molecule has 1 aliphatic heterocycles. The summed E-state index contributed by atoms with van der Waals surface area (Å²) in [7, 11) is 0. The second kappa shape index (κ2) is 4.01. The standard InChI is InChI=1S/C7H15NO3/c1-2-8-3-6-7(10)5(9)4-11-6/h5-10H,2-4H2,1H3. The number of ether oxygens (including phenoxy) is 1. The van der Waals surface area contributed by atoms with Gasteiger partial charge in [-0.05, 0) is 6.54 Å². The zero-order chi connectivity index (χ0) is 8.27. The van der Waals surface area contributed by atoms with Crippen LogP contribution in [0.1, 0.15) is 6.92 Å². The van der Waals surface area contributed by atoms with Crippen molar-refractivity contribution in [3.8, 4) is 0 Å². The summed E-state index contributed by atoms with van der Waals surface area (Å²) >= 11 is 0. The van der Waals surface area contributed by atoms with E-state index < -0.39 is 12.2 Å². The van der Waals surface area contributed by atoms with Gasteiger partial charge in [-0.15, -0.1) is 0 Å². The molecule has 66 valence electrons. The molecule has 4 nitrogen and oxygen atoms in total. The summed E-state index contributed by atoms with van der Waals surface area (Å²) in [5.41, 5.74) is 0. The summed E-state index contributed by atoms with van der Waals surface area (Å²) < 4.78 is 5.12. The molecule has 1 fully saturated rings. The molecule has 3 N–H and O–H groups in total. The second-order valence-electron chi connectivity index (χ2n) is 2.74. The summed E-state index contributed by atoms with van der Waals surface area (Å²) in [6.45, 7) is 3.69. The van der Waals surface area contributed by atoms with Crippen LogP contribution in [0.15, 0.2) is 0 Å². The number of likely N-dealkylation sites (N-methyl/N-ethyl adjacent to an activating group) is 1. The highest BCUT2D eigenvalue weighted by molar-refractivity contribution is 4.84. The Morgan fingerprint density at radius 3 is 2.73 bits per heavy atom. The number of nitrogens with one attached hydrogen (secondary N) is 1. The summed E-state index contributed by atoms with van der Waals surface area (Å²) in [4.78, 5) is 0. The minimum Gasteiger partial charge on any atom is -0.388 e. The third-order valence-electron chi connectivity index (χ3n) is 1.85. The first-order chi connectivity index (χ1) is 5.25. The molecule has 0 aliphatic carbocycles. The highest BCUT2D eigenvalue weighted by atomic mass is 16.5. The van der Waals surface area contributed by atoms with Crippen molar-refractivity contribution in [3.05, 3.63) is 0 Å². The van der Waals surface area contributed by atoms with E-state index in [2.05, 4.69) is 5.32 Å². The van der Waals surface area contributed by atoms with Crippen molar-refractivity contribution in [2.24, 2.45) is 0 Å². The molecule has 0 saturated carbocycles. The van der Waals surface area contributed by atoms with Crippen LogP contribution in [0.4, 0.5) is 0 Å². The molecule has 1 rings (SSSR count). The van der Waals surface area contributed by atoms with Gasteiger partial charge >= 0.3 is 0 Å². The number of aliphatic hydroxyl groups is 2. The molecule has 3 unspecified atom stereocenters. The Balaban J connectivity index is 2.24. The predicted molar refractivity (Wildman–Crippen MR) is 40.3 cm³/mol. The zero-order valence-electron chi connectivity index (χ0n) is 6.66. The van der Waals surface area contributed by atoms with Crippen molar-refractivity contribution < 1.29 is 14.9 Å². The van der Waals surface area contributed by atoms with Gasteiger partial charge in [0.1, 0.15) is 12.2 Å². The molecular weight excluding hydrogens is 146 g/mol. The zero-order valence-corrected chi connectivity index (χ0v) is 6.66. The van der Waals surface area contributed by atoms with E-state index in [0.29, 0.717) is 6.54 Å². The quantitative estimate of drug-likeness (QED) is 0.482. The maximum Gasteiger partial charge on any atom is 0.109 e. The lowest BCUT2D eigenvalue weighted by atomic mass is 10.1. The van der Waals surface area contributed by atoms with Crippen LogP contribution in [-0.2, 0) is 4.74 Å². The molecule has 0 aromatic carbocycles. The lowest BCUT2D eigenvalue weighted by molar-refractivity contribution is 0.0240. The fraction of sp³-hybridized carbons (Fsp3) is 1.00.